The van der Waals surface area contributed by atoms with Crippen LogP contribution in [0.15, 0.2) is 4.34 Å². The molecule has 1 unspecified atom stereocenters. The Balaban J connectivity index is 1.92. The van der Waals surface area contributed by atoms with E-state index in [2.05, 4.69) is 29.4 Å². The molecule has 1 heterocycles. The van der Waals surface area contributed by atoms with Gasteiger partial charge in [0.1, 0.15) is 0 Å². The SMILES string of the molecule is CC1(C)CCCC1Nc1nnc(SCC(=O)O)s1. The largest absolute Gasteiger partial charge is 0.481 e. The van der Waals surface area contributed by atoms with E-state index in [0.29, 0.717) is 15.8 Å². The number of nitrogens with zero attached hydrogens (tertiary/aromatic N) is 2. The van der Waals surface area contributed by atoms with Crippen LogP contribution in [0.5, 0.6) is 0 Å². The van der Waals surface area contributed by atoms with E-state index in [9.17, 15) is 4.79 Å². The third-order valence-corrected chi connectivity index (χ3v) is 5.25. The Kier molecular flexibility index (Phi) is 4.11. The predicted octanol–water partition coefficient (Wildman–Crippen LogP) is 2.71. The van der Waals surface area contributed by atoms with Gasteiger partial charge < -0.3 is 10.4 Å². The Labute approximate surface area is 114 Å². The molecule has 1 aliphatic rings. The number of anilines is 1. The van der Waals surface area contributed by atoms with E-state index in [4.69, 9.17) is 5.11 Å². The lowest BCUT2D eigenvalue weighted by molar-refractivity contribution is -0.133. The summed E-state index contributed by atoms with van der Waals surface area (Å²) >= 11 is 2.64. The highest BCUT2D eigenvalue weighted by Gasteiger charge is 2.34. The lowest BCUT2D eigenvalue weighted by atomic mass is 9.87. The van der Waals surface area contributed by atoms with E-state index >= 15 is 0 Å². The zero-order valence-corrected chi connectivity index (χ0v) is 12.1. The summed E-state index contributed by atoms with van der Waals surface area (Å²) in [5.74, 6) is -0.801. The number of carboxylic acid groups (broad SMARTS) is 1. The lowest BCUT2D eigenvalue weighted by Crippen LogP contribution is -2.30. The summed E-state index contributed by atoms with van der Waals surface area (Å²) < 4.78 is 0.704. The molecular formula is C11H17N3O2S2. The zero-order chi connectivity index (χ0) is 13.2. The van der Waals surface area contributed by atoms with Crippen molar-refractivity contribution in [3.63, 3.8) is 0 Å². The summed E-state index contributed by atoms with van der Waals surface area (Å²) in [6.45, 7) is 4.53. The van der Waals surface area contributed by atoms with Gasteiger partial charge >= 0.3 is 5.97 Å². The number of carbonyl (C=O) groups is 1. The van der Waals surface area contributed by atoms with Crippen LogP contribution in [0.1, 0.15) is 33.1 Å². The van der Waals surface area contributed by atoms with E-state index in [-0.39, 0.29) is 5.75 Å². The second-order valence-corrected chi connectivity index (χ2v) is 7.33. The highest BCUT2D eigenvalue weighted by atomic mass is 32.2. The first-order valence-corrected chi connectivity index (χ1v) is 7.72. The van der Waals surface area contributed by atoms with Crippen LogP contribution in [0.3, 0.4) is 0 Å². The van der Waals surface area contributed by atoms with Crippen molar-refractivity contribution in [2.24, 2.45) is 5.41 Å². The Bertz CT molecular complexity index is 434. The maximum absolute atomic E-state index is 10.5. The molecule has 0 amide bonds. The normalized spacial score (nSPS) is 22.0. The van der Waals surface area contributed by atoms with Gasteiger partial charge in [-0.1, -0.05) is 43.4 Å². The number of aliphatic carboxylic acids is 1. The Morgan fingerprint density at radius 1 is 1.61 bits per heavy atom. The van der Waals surface area contributed by atoms with Gasteiger partial charge in [-0.3, -0.25) is 4.79 Å². The first-order valence-electron chi connectivity index (χ1n) is 5.92. The maximum atomic E-state index is 10.5. The molecule has 0 aromatic carbocycles. The van der Waals surface area contributed by atoms with Crippen molar-refractivity contribution in [1.82, 2.24) is 10.2 Å². The number of carboxylic acids is 1. The number of thioether (sulfide) groups is 1. The monoisotopic (exact) mass is 287 g/mol. The third-order valence-electron chi connectivity index (χ3n) is 3.28. The number of aromatic nitrogens is 2. The van der Waals surface area contributed by atoms with E-state index in [1.807, 2.05) is 0 Å². The fraction of sp³-hybridized carbons (Fsp3) is 0.727. The summed E-state index contributed by atoms with van der Waals surface area (Å²) in [4.78, 5) is 10.5. The fourth-order valence-corrected chi connectivity index (χ4v) is 3.72. The number of hydrogen-bond donors (Lipinski definition) is 2. The molecule has 0 spiro atoms. The Morgan fingerprint density at radius 2 is 2.39 bits per heavy atom. The minimum atomic E-state index is -0.832. The van der Waals surface area contributed by atoms with Crippen LogP contribution in [0.2, 0.25) is 0 Å². The van der Waals surface area contributed by atoms with Crippen LogP contribution in [0.4, 0.5) is 5.13 Å². The topological polar surface area (TPSA) is 75.1 Å². The van der Waals surface area contributed by atoms with Crippen molar-refractivity contribution in [3.8, 4) is 0 Å². The minimum absolute atomic E-state index is 0.0313. The molecule has 7 heteroatoms. The molecule has 18 heavy (non-hydrogen) atoms. The Morgan fingerprint density at radius 3 is 3.00 bits per heavy atom. The molecule has 1 saturated carbocycles. The minimum Gasteiger partial charge on any atom is -0.481 e. The first-order chi connectivity index (χ1) is 8.47. The quantitative estimate of drug-likeness (QED) is 0.811. The van der Waals surface area contributed by atoms with Crippen molar-refractivity contribution in [2.45, 2.75) is 43.5 Å². The average Bonchev–Trinajstić information content (AvgIpc) is 2.84. The van der Waals surface area contributed by atoms with Crippen molar-refractivity contribution >= 4 is 34.2 Å². The molecule has 2 N–H and O–H groups in total. The van der Waals surface area contributed by atoms with Crippen LogP contribution in [0.25, 0.3) is 0 Å². The van der Waals surface area contributed by atoms with Crippen LogP contribution in [-0.2, 0) is 4.79 Å². The van der Waals surface area contributed by atoms with E-state index in [1.54, 1.807) is 0 Å². The summed E-state index contributed by atoms with van der Waals surface area (Å²) in [6, 6.07) is 0.433. The molecule has 1 aliphatic carbocycles. The standard InChI is InChI=1S/C11H17N3O2S2/c1-11(2)5-3-4-7(11)12-9-13-14-10(18-9)17-6-8(15)16/h7H,3-6H2,1-2H3,(H,12,13)(H,15,16). The van der Waals surface area contributed by atoms with Gasteiger partial charge in [0.05, 0.1) is 5.75 Å². The van der Waals surface area contributed by atoms with Gasteiger partial charge in [0.2, 0.25) is 5.13 Å². The molecule has 0 bridgehead atoms. The second-order valence-electron chi connectivity index (χ2n) is 5.13. The molecule has 0 aliphatic heterocycles. The molecule has 5 nitrogen and oxygen atoms in total. The maximum Gasteiger partial charge on any atom is 0.313 e. The van der Waals surface area contributed by atoms with Gasteiger partial charge in [-0.15, -0.1) is 10.2 Å². The first kappa shape index (κ1) is 13.6. The molecule has 1 atom stereocenters. The van der Waals surface area contributed by atoms with Crippen LogP contribution in [-0.4, -0.2) is 33.1 Å². The van der Waals surface area contributed by atoms with E-state index in [1.165, 1.54) is 35.9 Å². The van der Waals surface area contributed by atoms with Crippen molar-refractivity contribution in [1.29, 1.82) is 0 Å². The zero-order valence-electron chi connectivity index (χ0n) is 10.5. The van der Waals surface area contributed by atoms with E-state index < -0.39 is 5.97 Å². The summed E-state index contributed by atoms with van der Waals surface area (Å²) in [5, 5.41) is 20.9. The van der Waals surface area contributed by atoms with E-state index in [0.717, 1.165) is 11.6 Å². The number of hydrogen-bond acceptors (Lipinski definition) is 6. The molecule has 0 radical (unpaired) electrons. The fourth-order valence-electron chi connectivity index (χ4n) is 2.19. The van der Waals surface area contributed by atoms with Gasteiger partial charge in [-0.25, -0.2) is 0 Å². The van der Waals surface area contributed by atoms with Gasteiger partial charge in [-0.05, 0) is 18.3 Å². The van der Waals surface area contributed by atoms with Gasteiger partial charge in [0, 0.05) is 6.04 Å². The smallest absolute Gasteiger partial charge is 0.313 e. The highest BCUT2D eigenvalue weighted by molar-refractivity contribution is 8.01. The third kappa shape index (κ3) is 3.35. The van der Waals surface area contributed by atoms with Crippen molar-refractivity contribution in [3.05, 3.63) is 0 Å². The summed E-state index contributed by atoms with van der Waals surface area (Å²) in [5.41, 5.74) is 0.292. The molecule has 1 aromatic heterocycles. The lowest BCUT2D eigenvalue weighted by Gasteiger charge is -2.27. The number of rotatable bonds is 5. The van der Waals surface area contributed by atoms with Crippen LogP contribution < -0.4 is 5.32 Å². The second kappa shape index (κ2) is 5.44. The highest BCUT2D eigenvalue weighted by Crippen LogP contribution is 2.39. The van der Waals surface area contributed by atoms with Crippen molar-refractivity contribution in [2.75, 3.05) is 11.1 Å². The summed E-state index contributed by atoms with van der Waals surface area (Å²) in [6.07, 6.45) is 3.62. The van der Waals surface area contributed by atoms with Crippen molar-refractivity contribution < 1.29 is 9.90 Å². The number of nitrogens with one attached hydrogen (secondary N) is 1. The average molecular weight is 287 g/mol. The molecule has 100 valence electrons. The molecule has 0 saturated heterocycles. The molecule has 1 fully saturated rings. The molecule has 1 aromatic rings. The van der Waals surface area contributed by atoms with Gasteiger partial charge in [0.25, 0.3) is 0 Å². The van der Waals surface area contributed by atoms with Crippen LogP contribution >= 0.6 is 23.1 Å². The molecular weight excluding hydrogens is 270 g/mol. The van der Waals surface area contributed by atoms with Gasteiger partial charge in [-0.2, -0.15) is 0 Å². The summed E-state index contributed by atoms with van der Waals surface area (Å²) in [7, 11) is 0. The molecule has 2 rings (SSSR count). The van der Waals surface area contributed by atoms with Crippen LogP contribution in [0, 0.1) is 5.41 Å². The predicted molar refractivity (Wildman–Crippen MR) is 73.3 cm³/mol. The Hall–Kier alpha value is -0.820. The van der Waals surface area contributed by atoms with Gasteiger partial charge in [0.15, 0.2) is 4.34 Å².